The van der Waals surface area contributed by atoms with Crippen LogP contribution in [0.5, 0.6) is 0 Å². The molecular weight excluding hydrogens is 248 g/mol. The molecule has 0 aliphatic rings. The summed E-state index contributed by atoms with van der Waals surface area (Å²) in [6, 6.07) is 1.52. The molecule has 2 aromatic heterocycles. The first kappa shape index (κ1) is 13.0. The third kappa shape index (κ3) is 2.70. The zero-order chi connectivity index (χ0) is 14.0. The highest BCUT2D eigenvalue weighted by atomic mass is 16.5. The summed E-state index contributed by atoms with van der Waals surface area (Å²) in [6.07, 6.45) is 1.33. The Balaban J connectivity index is 2.28. The maximum Gasteiger partial charge on any atom is 0.313 e. The molecule has 0 spiro atoms. The molecule has 0 amide bonds. The second kappa shape index (κ2) is 5.05. The van der Waals surface area contributed by atoms with Gasteiger partial charge in [-0.25, -0.2) is 9.50 Å². The van der Waals surface area contributed by atoms with Crippen molar-refractivity contribution in [2.45, 2.75) is 20.3 Å². The van der Waals surface area contributed by atoms with Gasteiger partial charge in [0, 0.05) is 0 Å². The van der Waals surface area contributed by atoms with Gasteiger partial charge < -0.3 is 10.5 Å². The van der Waals surface area contributed by atoms with Crippen molar-refractivity contribution in [2.24, 2.45) is 0 Å². The van der Waals surface area contributed by atoms with E-state index in [-0.39, 0.29) is 18.7 Å². The molecule has 0 aliphatic heterocycles. The summed E-state index contributed by atoms with van der Waals surface area (Å²) in [5.41, 5.74) is 7.15. The quantitative estimate of drug-likeness (QED) is 0.496. The van der Waals surface area contributed by atoms with Crippen molar-refractivity contribution in [3.05, 3.63) is 23.7 Å². The second-order valence-electron chi connectivity index (χ2n) is 4.03. The molecule has 0 saturated heterocycles. The van der Waals surface area contributed by atoms with Crippen molar-refractivity contribution in [3.8, 4) is 0 Å². The highest BCUT2D eigenvalue weighted by molar-refractivity contribution is 6.05. The van der Waals surface area contributed by atoms with Crippen LogP contribution in [0.4, 0.5) is 5.82 Å². The van der Waals surface area contributed by atoms with Crippen LogP contribution in [0.2, 0.25) is 0 Å². The number of nitrogens with two attached hydrogens (primary N) is 1. The van der Waals surface area contributed by atoms with Gasteiger partial charge in [-0.3, -0.25) is 9.59 Å². The molecule has 19 heavy (non-hydrogen) atoms. The number of esters is 1. The average molecular weight is 262 g/mol. The third-order valence-electron chi connectivity index (χ3n) is 2.50. The number of ketones is 1. The fourth-order valence-electron chi connectivity index (χ4n) is 1.71. The number of nitrogen functional groups attached to an aromatic ring is 1. The minimum Gasteiger partial charge on any atom is -0.466 e. The molecule has 0 radical (unpaired) electrons. The number of anilines is 1. The smallest absolute Gasteiger partial charge is 0.313 e. The van der Waals surface area contributed by atoms with E-state index in [2.05, 4.69) is 10.1 Å². The predicted octanol–water partition coefficient (Wildman–Crippen LogP) is 0.756. The van der Waals surface area contributed by atoms with E-state index in [1.54, 1.807) is 20.0 Å². The lowest BCUT2D eigenvalue weighted by molar-refractivity contribution is -0.141. The molecule has 2 N–H and O–H groups in total. The number of hydrogen-bond donors (Lipinski definition) is 1. The number of fused-ring (bicyclic) bond motifs is 1. The van der Waals surface area contributed by atoms with Crippen molar-refractivity contribution in [1.29, 1.82) is 0 Å². The van der Waals surface area contributed by atoms with Gasteiger partial charge >= 0.3 is 5.97 Å². The summed E-state index contributed by atoms with van der Waals surface area (Å²) in [6.45, 7) is 3.70. The third-order valence-corrected chi connectivity index (χ3v) is 2.50. The molecule has 2 rings (SSSR count). The van der Waals surface area contributed by atoms with Gasteiger partial charge in [0.1, 0.15) is 23.4 Å². The van der Waals surface area contributed by atoms with Crippen molar-refractivity contribution in [1.82, 2.24) is 14.6 Å². The van der Waals surface area contributed by atoms with Crippen LogP contribution < -0.4 is 5.73 Å². The lowest BCUT2D eigenvalue weighted by atomic mass is 10.2. The fraction of sp³-hybridized carbons (Fsp3) is 0.333. The Kier molecular flexibility index (Phi) is 3.46. The molecule has 7 nitrogen and oxygen atoms in total. The van der Waals surface area contributed by atoms with E-state index in [0.717, 1.165) is 0 Å². The Bertz CT molecular complexity index is 648. The number of nitrogens with zero attached hydrogens (tertiary/aromatic N) is 3. The molecule has 0 bridgehead atoms. The van der Waals surface area contributed by atoms with Gasteiger partial charge in [-0.05, 0) is 19.9 Å². The molecule has 100 valence electrons. The summed E-state index contributed by atoms with van der Waals surface area (Å²) in [5.74, 6) is -0.672. The Morgan fingerprint density at radius 3 is 2.89 bits per heavy atom. The van der Waals surface area contributed by atoms with E-state index in [0.29, 0.717) is 17.0 Å². The summed E-state index contributed by atoms with van der Waals surface area (Å²) < 4.78 is 6.20. The van der Waals surface area contributed by atoms with Crippen molar-refractivity contribution in [2.75, 3.05) is 12.3 Å². The van der Waals surface area contributed by atoms with Crippen LogP contribution in [0, 0.1) is 6.92 Å². The first-order chi connectivity index (χ1) is 9.01. The highest BCUT2D eigenvalue weighted by Crippen LogP contribution is 2.14. The molecule has 0 fully saturated rings. The molecule has 0 aromatic carbocycles. The Labute approximate surface area is 109 Å². The normalized spacial score (nSPS) is 10.6. The van der Waals surface area contributed by atoms with E-state index in [9.17, 15) is 9.59 Å². The Morgan fingerprint density at radius 1 is 1.47 bits per heavy atom. The minimum atomic E-state index is -0.563. The second-order valence-corrected chi connectivity index (χ2v) is 4.03. The van der Waals surface area contributed by atoms with Gasteiger partial charge in [-0.15, -0.1) is 0 Å². The minimum absolute atomic E-state index is 0.173. The number of aromatic nitrogens is 3. The maximum absolute atomic E-state index is 11.9. The SMILES string of the molecule is CCOC(=O)CC(=O)c1cc2c(N)nc(C)cn2n1. The molecule has 0 saturated carbocycles. The van der Waals surface area contributed by atoms with Crippen molar-refractivity contribution < 1.29 is 14.3 Å². The van der Waals surface area contributed by atoms with E-state index in [4.69, 9.17) is 10.5 Å². The molecule has 2 heterocycles. The van der Waals surface area contributed by atoms with Crippen molar-refractivity contribution in [3.63, 3.8) is 0 Å². The van der Waals surface area contributed by atoms with E-state index in [1.165, 1.54) is 10.6 Å². The van der Waals surface area contributed by atoms with Gasteiger partial charge in [0.2, 0.25) is 0 Å². The van der Waals surface area contributed by atoms with Gasteiger partial charge in [0.15, 0.2) is 5.78 Å². The topological polar surface area (TPSA) is 99.6 Å². The highest BCUT2D eigenvalue weighted by Gasteiger charge is 2.17. The number of carbonyl (C=O) groups is 2. The number of aryl methyl sites for hydroxylation is 1. The average Bonchev–Trinajstić information content (AvgIpc) is 2.73. The monoisotopic (exact) mass is 262 g/mol. The summed E-state index contributed by atoms with van der Waals surface area (Å²) in [7, 11) is 0. The van der Waals surface area contributed by atoms with Crippen molar-refractivity contribution >= 4 is 23.1 Å². The summed E-state index contributed by atoms with van der Waals surface area (Å²) in [4.78, 5) is 27.2. The molecule has 2 aromatic rings. The van der Waals surface area contributed by atoms with Gasteiger partial charge in [-0.2, -0.15) is 5.10 Å². The number of carbonyl (C=O) groups excluding carboxylic acids is 2. The lowest BCUT2D eigenvalue weighted by Gasteiger charge is -1.98. The number of hydrogen-bond acceptors (Lipinski definition) is 6. The van der Waals surface area contributed by atoms with Gasteiger partial charge in [0.05, 0.1) is 18.5 Å². The predicted molar refractivity (Wildman–Crippen MR) is 67.7 cm³/mol. The standard InChI is InChI=1S/C12H14N4O3/c1-3-19-11(18)5-10(17)8-4-9-12(13)14-7(2)6-16(9)15-8/h4,6H,3,5H2,1-2H3,(H2,13,14). The van der Waals surface area contributed by atoms with E-state index < -0.39 is 11.8 Å². The molecule has 0 aliphatic carbocycles. The molecular formula is C12H14N4O3. The van der Waals surface area contributed by atoms with E-state index >= 15 is 0 Å². The molecule has 0 atom stereocenters. The van der Waals surface area contributed by atoms with Crippen LogP contribution in [-0.2, 0) is 9.53 Å². The number of rotatable bonds is 4. The van der Waals surface area contributed by atoms with Crippen LogP contribution in [0.15, 0.2) is 12.3 Å². The fourth-order valence-corrected chi connectivity index (χ4v) is 1.71. The van der Waals surface area contributed by atoms with Crippen LogP contribution in [0.3, 0.4) is 0 Å². The summed E-state index contributed by atoms with van der Waals surface area (Å²) in [5, 5.41) is 4.09. The zero-order valence-electron chi connectivity index (χ0n) is 10.7. The van der Waals surface area contributed by atoms with Gasteiger partial charge in [0.25, 0.3) is 0 Å². The lowest BCUT2D eigenvalue weighted by Crippen LogP contribution is -2.11. The first-order valence-corrected chi connectivity index (χ1v) is 5.82. The molecule has 0 unspecified atom stereocenters. The maximum atomic E-state index is 11.9. The van der Waals surface area contributed by atoms with Crippen LogP contribution in [-0.4, -0.2) is 33.0 Å². The first-order valence-electron chi connectivity index (χ1n) is 5.82. The number of Topliss-reactive ketones (excluding diaryl/α,β-unsaturated/α-hetero) is 1. The Hall–Kier alpha value is -2.44. The van der Waals surface area contributed by atoms with Crippen LogP contribution in [0.25, 0.3) is 5.52 Å². The largest absolute Gasteiger partial charge is 0.466 e. The van der Waals surface area contributed by atoms with E-state index in [1.807, 2.05) is 0 Å². The van der Waals surface area contributed by atoms with Crippen LogP contribution in [0.1, 0.15) is 29.5 Å². The number of ether oxygens (including phenoxy) is 1. The van der Waals surface area contributed by atoms with Gasteiger partial charge in [-0.1, -0.05) is 0 Å². The molecule has 7 heteroatoms. The summed E-state index contributed by atoms with van der Waals surface area (Å²) >= 11 is 0. The zero-order valence-corrected chi connectivity index (χ0v) is 10.7. The van der Waals surface area contributed by atoms with Crippen LogP contribution >= 0.6 is 0 Å². The Morgan fingerprint density at radius 2 is 2.21 bits per heavy atom.